The molecule has 3 rings (SSSR count). The fourth-order valence-electron chi connectivity index (χ4n) is 3.09. The van der Waals surface area contributed by atoms with E-state index in [0.29, 0.717) is 5.75 Å². The van der Waals surface area contributed by atoms with Gasteiger partial charge in [-0.25, -0.2) is 4.79 Å². The van der Waals surface area contributed by atoms with E-state index in [4.69, 9.17) is 9.47 Å². The van der Waals surface area contributed by atoms with E-state index in [9.17, 15) is 4.79 Å². The van der Waals surface area contributed by atoms with Crippen molar-refractivity contribution in [3.63, 3.8) is 0 Å². The summed E-state index contributed by atoms with van der Waals surface area (Å²) in [7, 11) is 1.33. The highest BCUT2D eigenvalue weighted by Gasteiger charge is 2.17. The van der Waals surface area contributed by atoms with Crippen molar-refractivity contribution < 1.29 is 14.3 Å². The van der Waals surface area contributed by atoms with Gasteiger partial charge in [0, 0.05) is 10.8 Å². The Bertz CT molecular complexity index is 881. The van der Waals surface area contributed by atoms with Crippen LogP contribution in [-0.2, 0) is 17.6 Å². The number of fused-ring (bicyclic) bond motifs is 2. The molecule has 0 bridgehead atoms. The molecule has 3 heteroatoms. The summed E-state index contributed by atoms with van der Waals surface area (Å²) >= 11 is 0. The number of rotatable bonds is 3. The molecule has 0 saturated heterocycles. The molecule has 0 radical (unpaired) electrons. The first-order chi connectivity index (χ1) is 11.2. The molecular formula is C20H20O3. The number of hydrogen-bond acceptors (Lipinski definition) is 3. The normalized spacial score (nSPS) is 10.9. The number of carbonyl (C=O) groups is 1. The van der Waals surface area contributed by atoms with Crippen LogP contribution in [0.2, 0.25) is 0 Å². The third-order valence-corrected chi connectivity index (χ3v) is 4.27. The van der Waals surface area contributed by atoms with Crippen LogP contribution in [0.15, 0.2) is 42.5 Å². The second-order valence-electron chi connectivity index (χ2n) is 5.50. The maximum atomic E-state index is 11.8. The van der Waals surface area contributed by atoms with E-state index in [1.807, 2.05) is 24.3 Å². The van der Waals surface area contributed by atoms with Gasteiger partial charge >= 0.3 is 6.16 Å². The van der Waals surface area contributed by atoms with Crippen LogP contribution in [0.5, 0.6) is 5.75 Å². The highest BCUT2D eigenvalue weighted by atomic mass is 16.7. The Hall–Kier alpha value is -2.55. The summed E-state index contributed by atoms with van der Waals surface area (Å²) in [6.45, 7) is 4.24. The molecule has 3 nitrogen and oxygen atoms in total. The molecule has 0 fully saturated rings. The first-order valence-electron chi connectivity index (χ1n) is 7.91. The van der Waals surface area contributed by atoms with Crippen molar-refractivity contribution in [2.45, 2.75) is 26.7 Å². The Morgan fingerprint density at radius 2 is 1.65 bits per heavy atom. The molecular weight excluding hydrogens is 288 g/mol. The molecule has 118 valence electrons. The van der Waals surface area contributed by atoms with E-state index in [1.165, 1.54) is 18.2 Å². The molecule has 0 atom stereocenters. The van der Waals surface area contributed by atoms with Gasteiger partial charge in [0.05, 0.1) is 7.11 Å². The number of benzene rings is 3. The summed E-state index contributed by atoms with van der Waals surface area (Å²) in [4.78, 5) is 11.8. The van der Waals surface area contributed by atoms with Crippen LogP contribution in [-0.4, -0.2) is 13.3 Å². The average Bonchev–Trinajstić information content (AvgIpc) is 2.60. The molecule has 0 heterocycles. The second kappa shape index (κ2) is 6.29. The van der Waals surface area contributed by atoms with Crippen molar-refractivity contribution in [1.82, 2.24) is 0 Å². The molecule has 0 amide bonds. The maximum Gasteiger partial charge on any atom is 0.513 e. The van der Waals surface area contributed by atoms with Crippen molar-refractivity contribution >= 4 is 27.7 Å². The molecule has 3 aromatic rings. The third-order valence-electron chi connectivity index (χ3n) is 4.27. The zero-order valence-corrected chi connectivity index (χ0v) is 13.7. The van der Waals surface area contributed by atoms with E-state index < -0.39 is 6.16 Å². The van der Waals surface area contributed by atoms with E-state index >= 15 is 0 Å². The minimum Gasteiger partial charge on any atom is -0.437 e. The molecule has 23 heavy (non-hydrogen) atoms. The van der Waals surface area contributed by atoms with Gasteiger partial charge in [0.1, 0.15) is 5.75 Å². The predicted octanol–water partition coefficient (Wildman–Crippen LogP) is 5.26. The lowest BCUT2D eigenvalue weighted by atomic mass is 9.93. The van der Waals surface area contributed by atoms with Gasteiger partial charge in [-0.1, -0.05) is 50.2 Å². The Morgan fingerprint density at radius 1 is 0.957 bits per heavy atom. The fraction of sp³-hybridized carbons (Fsp3) is 0.250. The minimum atomic E-state index is -0.688. The summed E-state index contributed by atoms with van der Waals surface area (Å²) in [6, 6.07) is 14.4. The van der Waals surface area contributed by atoms with Crippen molar-refractivity contribution in [2.75, 3.05) is 7.11 Å². The van der Waals surface area contributed by atoms with Crippen LogP contribution in [0.1, 0.15) is 25.0 Å². The largest absolute Gasteiger partial charge is 0.513 e. The number of methoxy groups -OCH3 is 1. The fourth-order valence-corrected chi connectivity index (χ4v) is 3.09. The zero-order valence-electron chi connectivity index (χ0n) is 13.7. The van der Waals surface area contributed by atoms with Crippen LogP contribution in [0.4, 0.5) is 4.79 Å². The van der Waals surface area contributed by atoms with Crippen LogP contribution in [0.3, 0.4) is 0 Å². The Labute approximate surface area is 135 Å². The van der Waals surface area contributed by atoms with Gasteiger partial charge in [-0.2, -0.15) is 0 Å². The third kappa shape index (κ3) is 2.63. The highest BCUT2D eigenvalue weighted by Crippen LogP contribution is 2.39. The molecule has 3 aromatic carbocycles. The number of aryl methyl sites for hydroxylation is 2. The number of hydrogen-bond donors (Lipinski definition) is 0. The van der Waals surface area contributed by atoms with Gasteiger partial charge < -0.3 is 9.47 Å². The lowest BCUT2D eigenvalue weighted by Crippen LogP contribution is -2.08. The quantitative estimate of drug-likeness (QED) is 0.376. The van der Waals surface area contributed by atoms with Gasteiger partial charge in [-0.3, -0.25) is 0 Å². The highest BCUT2D eigenvalue weighted by molar-refractivity contribution is 6.08. The Balaban J connectivity index is 2.47. The van der Waals surface area contributed by atoms with Gasteiger partial charge in [0.25, 0.3) is 0 Å². The van der Waals surface area contributed by atoms with Crippen molar-refractivity contribution in [2.24, 2.45) is 0 Å². The average molecular weight is 308 g/mol. The number of carbonyl (C=O) groups excluding carboxylic acids is 1. The zero-order chi connectivity index (χ0) is 16.4. The lowest BCUT2D eigenvalue weighted by Gasteiger charge is -2.16. The standard InChI is InChI=1S/C20H20O3/c1-4-13-10-11-14(5-2)18-17(13)12-15-8-6-7-9-16(15)19(18)23-20(21)22-3/h6-12H,4-5H2,1-3H3. The van der Waals surface area contributed by atoms with E-state index in [1.54, 1.807) is 0 Å². The molecule has 0 aliphatic heterocycles. The van der Waals surface area contributed by atoms with Crippen LogP contribution in [0, 0.1) is 0 Å². The summed E-state index contributed by atoms with van der Waals surface area (Å²) in [5.41, 5.74) is 2.42. The molecule has 0 aliphatic carbocycles. The number of ether oxygens (including phenoxy) is 2. The second-order valence-corrected chi connectivity index (χ2v) is 5.50. The molecule has 0 unspecified atom stereocenters. The summed E-state index contributed by atoms with van der Waals surface area (Å²) in [5.74, 6) is 0.595. The molecule has 0 saturated carbocycles. The van der Waals surface area contributed by atoms with Gasteiger partial charge in [0.15, 0.2) is 0 Å². The van der Waals surface area contributed by atoms with Crippen LogP contribution in [0.25, 0.3) is 21.5 Å². The summed E-state index contributed by atoms with van der Waals surface area (Å²) < 4.78 is 10.3. The van der Waals surface area contributed by atoms with Gasteiger partial charge in [-0.05, 0) is 40.8 Å². The SMILES string of the molecule is CCc1ccc(CC)c2c(OC(=O)OC)c3ccccc3cc12. The monoisotopic (exact) mass is 308 g/mol. The topological polar surface area (TPSA) is 35.5 Å². The lowest BCUT2D eigenvalue weighted by molar-refractivity contribution is 0.122. The van der Waals surface area contributed by atoms with Gasteiger partial charge in [0.2, 0.25) is 0 Å². The van der Waals surface area contributed by atoms with Gasteiger partial charge in [-0.15, -0.1) is 0 Å². The first-order valence-corrected chi connectivity index (χ1v) is 7.91. The van der Waals surface area contributed by atoms with Crippen molar-refractivity contribution in [1.29, 1.82) is 0 Å². The van der Waals surface area contributed by atoms with E-state index in [-0.39, 0.29) is 0 Å². The van der Waals surface area contributed by atoms with E-state index in [2.05, 4.69) is 32.0 Å². The molecule has 0 aliphatic rings. The summed E-state index contributed by atoms with van der Waals surface area (Å²) in [5, 5.41) is 4.13. The Kier molecular flexibility index (Phi) is 4.20. The van der Waals surface area contributed by atoms with Crippen molar-refractivity contribution in [3.8, 4) is 5.75 Å². The van der Waals surface area contributed by atoms with Crippen LogP contribution < -0.4 is 4.74 Å². The molecule has 0 spiro atoms. The van der Waals surface area contributed by atoms with E-state index in [0.717, 1.165) is 34.4 Å². The minimum absolute atomic E-state index is 0.595. The van der Waals surface area contributed by atoms with Crippen molar-refractivity contribution in [3.05, 3.63) is 53.6 Å². The Morgan fingerprint density at radius 3 is 2.35 bits per heavy atom. The smallest absolute Gasteiger partial charge is 0.437 e. The predicted molar refractivity (Wildman–Crippen MR) is 93.2 cm³/mol. The summed E-state index contributed by atoms with van der Waals surface area (Å²) in [6.07, 6.45) is 1.11. The first kappa shape index (κ1) is 15.3. The molecule has 0 aromatic heterocycles. The van der Waals surface area contributed by atoms with Crippen LogP contribution >= 0.6 is 0 Å². The molecule has 0 N–H and O–H groups in total. The maximum absolute atomic E-state index is 11.8.